The third-order valence-corrected chi connectivity index (χ3v) is 5.03. The average molecular weight is 478 g/mol. The van der Waals surface area contributed by atoms with Gasteiger partial charge in [-0.15, -0.1) is 0 Å². The Morgan fingerprint density at radius 3 is 2.03 bits per heavy atom. The van der Waals surface area contributed by atoms with E-state index in [1.54, 1.807) is 20.8 Å². The fourth-order valence-electron chi connectivity index (χ4n) is 3.72. The molecule has 8 nitrogen and oxygen atoms in total. The Balaban J connectivity index is 3.48. The molecule has 0 heterocycles. The number of rotatable bonds is 9. The number of aliphatic hydroxyl groups excluding tert-OH is 1. The van der Waals surface area contributed by atoms with Gasteiger partial charge in [-0.1, -0.05) is 42.7 Å². The highest BCUT2D eigenvalue weighted by molar-refractivity contribution is 5.92. The van der Waals surface area contributed by atoms with Crippen LogP contribution in [0.2, 0.25) is 0 Å². The molecule has 0 saturated carbocycles. The predicted molar refractivity (Wildman–Crippen MR) is 133 cm³/mol. The second kappa shape index (κ2) is 12.2. The fraction of sp³-hybridized carbons (Fsp3) is 0.654. The first kappa shape index (κ1) is 29.4. The Morgan fingerprint density at radius 2 is 1.59 bits per heavy atom. The number of ether oxygens (including phenoxy) is 1. The highest BCUT2D eigenvalue weighted by Crippen LogP contribution is 2.31. The topological polar surface area (TPSA) is 108 Å². The molecule has 0 aromatic heterocycles. The summed E-state index contributed by atoms with van der Waals surface area (Å²) in [6.07, 6.45) is 0.918. The number of hydrogen-bond acceptors (Lipinski definition) is 5. The zero-order valence-electron chi connectivity index (χ0n) is 22.2. The molecule has 0 saturated heterocycles. The van der Waals surface area contributed by atoms with Gasteiger partial charge in [-0.25, -0.2) is 4.79 Å². The first-order valence-electron chi connectivity index (χ1n) is 11.9. The van der Waals surface area contributed by atoms with Crippen LogP contribution in [0.4, 0.5) is 4.79 Å². The molecule has 3 amide bonds. The molecule has 0 radical (unpaired) electrons. The number of nitrogens with zero attached hydrogens (tertiary/aromatic N) is 1. The van der Waals surface area contributed by atoms with Gasteiger partial charge in [0.25, 0.3) is 0 Å². The SMILES string of the molecule is CCCCNC(=O)C(c1cc(C)cc(C)c1)N(C(=O)C(CO)NC(=O)OC(C)(C)C)C(C)(C)C. The molecule has 34 heavy (non-hydrogen) atoms. The molecular weight excluding hydrogens is 434 g/mol. The molecule has 0 bridgehead atoms. The average Bonchev–Trinajstić information content (AvgIpc) is 2.66. The van der Waals surface area contributed by atoms with Crippen LogP contribution in [0.5, 0.6) is 0 Å². The van der Waals surface area contributed by atoms with E-state index < -0.39 is 41.8 Å². The zero-order valence-corrected chi connectivity index (χ0v) is 22.2. The van der Waals surface area contributed by atoms with Gasteiger partial charge in [0, 0.05) is 12.1 Å². The maximum atomic E-state index is 13.8. The van der Waals surface area contributed by atoms with Gasteiger partial charge in [0.2, 0.25) is 11.8 Å². The standard InChI is InChI=1S/C26H43N3O5/c1-10-11-12-27-22(31)21(19-14-17(2)13-18(3)15-19)29(25(4,5)6)23(32)20(16-30)28-24(33)34-26(7,8)9/h13-15,20-21,30H,10-12,16H2,1-9H3,(H,27,31)(H,28,33). The minimum atomic E-state index is -1.27. The van der Waals surface area contributed by atoms with Crippen molar-refractivity contribution in [2.75, 3.05) is 13.2 Å². The number of benzene rings is 1. The van der Waals surface area contributed by atoms with Crippen LogP contribution in [0.25, 0.3) is 0 Å². The van der Waals surface area contributed by atoms with Crippen molar-refractivity contribution in [1.82, 2.24) is 15.5 Å². The van der Waals surface area contributed by atoms with Gasteiger partial charge in [0.1, 0.15) is 17.7 Å². The van der Waals surface area contributed by atoms with E-state index in [9.17, 15) is 19.5 Å². The van der Waals surface area contributed by atoms with Gasteiger partial charge in [0.15, 0.2) is 0 Å². The number of aryl methyl sites for hydroxylation is 2. The summed E-state index contributed by atoms with van der Waals surface area (Å²) in [5.74, 6) is -0.883. The lowest BCUT2D eigenvalue weighted by Gasteiger charge is -2.43. The van der Waals surface area contributed by atoms with Crippen LogP contribution in [-0.4, -0.2) is 58.2 Å². The van der Waals surface area contributed by atoms with E-state index in [-0.39, 0.29) is 5.91 Å². The molecule has 2 unspecified atom stereocenters. The van der Waals surface area contributed by atoms with Crippen molar-refractivity contribution in [3.8, 4) is 0 Å². The lowest BCUT2D eigenvalue weighted by atomic mass is 9.93. The minimum Gasteiger partial charge on any atom is -0.444 e. The van der Waals surface area contributed by atoms with Gasteiger partial charge in [0.05, 0.1) is 6.61 Å². The van der Waals surface area contributed by atoms with Gasteiger partial charge >= 0.3 is 6.09 Å². The summed E-state index contributed by atoms with van der Waals surface area (Å²) >= 11 is 0. The highest BCUT2D eigenvalue weighted by Gasteiger charge is 2.41. The molecule has 0 spiro atoms. The number of carbonyl (C=O) groups excluding carboxylic acids is 3. The van der Waals surface area contributed by atoms with E-state index in [2.05, 4.69) is 10.6 Å². The van der Waals surface area contributed by atoms with Gasteiger partial charge < -0.3 is 25.4 Å². The van der Waals surface area contributed by atoms with Gasteiger partial charge in [-0.2, -0.15) is 0 Å². The number of hydrogen-bond donors (Lipinski definition) is 3. The summed E-state index contributed by atoms with van der Waals surface area (Å²) < 4.78 is 5.26. The molecule has 192 valence electrons. The minimum absolute atomic E-state index is 0.310. The Hall–Kier alpha value is -2.61. The van der Waals surface area contributed by atoms with E-state index in [1.807, 2.05) is 59.7 Å². The molecule has 1 aromatic rings. The summed E-state index contributed by atoms with van der Waals surface area (Å²) in [6.45, 7) is 16.3. The molecule has 1 rings (SSSR count). The van der Waals surface area contributed by atoms with Crippen molar-refractivity contribution < 1.29 is 24.2 Å². The van der Waals surface area contributed by atoms with E-state index >= 15 is 0 Å². The summed E-state index contributed by atoms with van der Waals surface area (Å²) in [5.41, 5.74) is 1.03. The van der Waals surface area contributed by atoms with Crippen LogP contribution >= 0.6 is 0 Å². The lowest BCUT2D eigenvalue weighted by molar-refractivity contribution is -0.149. The quantitative estimate of drug-likeness (QED) is 0.469. The first-order chi connectivity index (χ1) is 15.6. The Bertz CT molecular complexity index is 835. The molecule has 3 N–H and O–H groups in total. The fourth-order valence-corrected chi connectivity index (χ4v) is 3.72. The molecule has 8 heteroatoms. The van der Waals surface area contributed by atoms with Crippen LogP contribution < -0.4 is 10.6 Å². The summed E-state index contributed by atoms with van der Waals surface area (Å²) in [4.78, 5) is 41.0. The maximum Gasteiger partial charge on any atom is 0.408 e. The monoisotopic (exact) mass is 477 g/mol. The van der Waals surface area contributed by atoms with Crippen LogP contribution in [0, 0.1) is 13.8 Å². The van der Waals surface area contributed by atoms with E-state index in [4.69, 9.17) is 4.74 Å². The number of nitrogens with one attached hydrogen (secondary N) is 2. The van der Waals surface area contributed by atoms with Crippen molar-refractivity contribution in [1.29, 1.82) is 0 Å². The smallest absolute Gasteiger partial charge is 0.408 e. The largest absolute Gasteiger partial charge is 0.444 e. The maximum absolute atomic E-state index is 13.8. The normalized spacial score (nSPS) is 13.6. The van der Waals surface area contributed by atoms with Gasteiger partial charge in [-0.3, -0.25) is 9.59 Å². The van der Waals surface area contributed by atoms with Crippen molar-refractivity contribution >= 4 is 17.9 Å². The lowest BCUT2D eigenvalue weighted by Crippen LogP contribution is -2.59. The molecule has 0 aliphatic rings. The molecule has 0 fully saturated rings. The number of aliphatic hydroxyl groups is 1. The second-order valence-corrected chi connectivity index (χ2v) is 10.7. The number of amides is 3. The number of carbonyl (C=O) groups is 3. The highest BCUT2D eigenvalue weighted by atomic mass is 16.6. The number of unbranched alkanes of at least 4 members (excludes halogenated alkanes) is 1. The van der Waals surface area contributed by atoms with Crippen LogP contribution in [0.1, 0.15) is 84.0 Å². The van der Waals surface area contributed by atoms with Crippen LogP contribution in [0.3, 0.4) is 0 Å². The van der Waals surface area contributed by atoms with Crippen LogP contribution in [-0.2, 0) is 14.3 Å². The molecule has 2 atom stereocenters. The molecule has 0 aliphatic heterocycles. The van der Waals surface area contributed by atoms with Crippen molar-refractivity contribution in [3.63, 3.8) is 0 Å². The first-order valence-corrected chi connectivity index (χ1v) is 11.9. The Kier molecular flexibility index (Phi) is 10.6. The van der Waals surface area contributed by atoms with Gasteiger partial charge in [-0.05, 0) is 67.4 Å². The molecular formula is C26H43N3O5. The Labute approximate surface area is 204 Å². The predicted octanol–water partition coefficient (Wildman–Crippen LogP) is 3.77. The number of alkyl carbamates (subject to hydrolysis) is 1. The van der Waals surface area contributed by atoms with E-state index in [1.165, 1.54) is 4.90 Å². The molecule has 1 aromatic carbocycles. The third kappa shape index (κ3) is 8.97. The second-order valence-electron chi connectivity index (χ2n) is 10.7. The van der Waals surface area contributed by atoms with Crippen molar-refractivity contribution in [2.45, 2.75) is 98.4 Å². The zero-order chi connectivity index (χ0) is 26.3. The summed E-state index contributed by atoms with van der Waals surface area (Å²) in [6, 6.07) is 3.55. The van der Waals surface area contributed by atoms with E-state index in [0.29, 0.717) is 12.1 Å². The third-order valence-electron chi connectivity index (χ3n) is 5.03. The Morgan fingerprint density at radius 1 is 1.03 bits per heavy atom. The summed E-state index contributed by atoms with van der Waals surface area (Å²) in [5, 5.41) is 15.4. The van der Waals surface area contributed by atoms with E-state index in [0.717, 1.165) is 24.0 Å². The van der Waals surface area contributed by atoms with Crippen LogP contribution in [0.15, 0.2) is 18.2 Å². The molecule has 0 aliphatic carbocycles. The van der Waals surface area contributed by atoms with Crippen molar-refractivity contribution in [3.05, 3.63) is 34.9 Å². The van der Waals surface area contributed by atoms with Crippen molar-refractivity contribution in [2.24, 2.45) is 0 Å². The summed E-state index contributed by atoms with van der Waals surface area (Å²) in [7, 11) is 0.